The first-order chi connectivity index (χ1) is 10.3. The van der Waals surface area contributed by atoms with Gasteiger partial charge in [-0.2, -0.15) is 0 Å². The molecular weight excluding hydrogens is 314 g/mol. The van der Waals surface area contributed by atoms with Crippen LogP contribution < -0.4 is 10.6 Å². The Balaban J connectivity index is 0.00000264. The number of amides is 2. The Morgan fingerprint density at radius 1 is 1.43 bits per heavy atom. The molecule has 3 unspecified atom stereocenters. The fourth-order valence-corrected chi connectivity index (χ4v) is 3.56. The standard InChI is InChI=1S/C17H31N3O2.ClH/c1-12(13-6-5-7-18-10-13)8-15(21)19-14-9-16(22)20(11-14)17(2,3)4;/h12-14,18H,5-11H2,1-4H3,(H,19,21);1H. The predicted molar refractivity (Wildman–Crippen MR) is 94.6 cm³/mol. The van der Waals surface area contributed by atoms with Crippen molar-refractivity contribution in [1.29, 1.82) is 0 Å². The van der Waals surface area contributed by atoms with Gasteiger partial charge in [0.25, 0.3) is 0 Å². The quantitative estimate of drug-likeness (QED) is 0.818. The van der Waals surface area contributed by atoms with Gasteiger partial charge in [0.15, 0.2) is 0 Å². The van der Waals surface area contributed by atoms with Crippen LogP contribution in [0.2, 0.25) is 0 Å². The van der Waals surface area contributed by atoms with Gasteiger partial charge in [-0.3, -0.25) is 9.59 Å². The fraction of sp³-hybridized carbons (Fsp3) is 0.882. The zero-order valence-corrected chi connectivity index (χ0v) is 15.7. The first-order valence-corrected chi connectivity index (χ1v) is 8.58. The summed E-state index contributed by atoms with van der Waals surface area (Å²) < 4.78 is 0. The molecule has 2 aliphatic rings. The van der Waals surface area contributed by atoms with Gasteiger partial charge in [-0.05, 0) is 58.5 Å². The molecule has 2 fully saturated rings. The Labute approximate surface area is 146 Å². The van der Waals surface area contributed by atoms with Gasteiger partial charge in [0, 0.05) is 24.9 Å². The van der Waals surface area contributed by atoms with Crippen molar-refractivity contribution in [3.63, 3.8) is 0 Å². The summed E-state index contributed by atoms with van der Waals surface area (Å²) in [6, 6.07) is -0.0316. The first-order valence-electron chi connectivity index (χ1n) is 8.58. The summed E-state index contributed by atoms with van der Waals surface area (Å²) >= 11 is 0. The van der Waals surface area contributed by atoms with E-state index in [4.69, 9.17) is 0 Å². The van der Waals surface area contributed by atoms with E-state index < -0.39 is 0 Å². The number of carbonyl (C=O) groups excluding carboxylic acids is 2. The van der Waals surface area contributed by atoms with Crippen LogP contribution in [0.4, 0.5) is 0 Å². The lowest BCUT2D eigenvalue weighted by Crippen LogP contribution is -2.45. The molecule has 0 aromatic carbocycles. The average molecular weight is 346 g/mol. The number of hydrogen-bond acceptors (Lipinski definition) is 3. The average Bonchev–Trinajstić information content (AvgIpc) is 2.80. The van der Waals surface area contributed by atoms with Gasteiger partial charge in [0.1, 0.15) is 0 Å². The Morgan fingerprint density at radius 3 is 2.65 bits per heavy atom. The highest BCUT2D eigenvalue weighted by atomic mass is 35.5. The van der Waals surface area contributed by atoms with Crippen LogP contribution in [0.25, 0.3) is 0 Å². The molecule has 0 radical (unpaired) electrons. The van der Waals surface area contributed by atoms with Crippen molar-refractivity contribution in [1.82, 2.24) is 15.5 Å². The molecule has 5 nitrogen and oxygen atoms in total. The Morgan fingerprint density at radius 2 is 2.13 bits per heavy atom. The highest BCUT2D eigenvalue weighted by Gasteiger charge is 2.37. The van der Waals surface area contributed by atoms with E-state index >= 15 is 0 Å². The van der Waals surface area contributed by atoms with E-state index in [2.05, 4.69) is 17.6 Å². The summed E-state index contributed by atoms with van der Waals surface area (Å²) in [5.41, 5.74) is -0.169. The molecule has 0 saturated carbocycles. The minimum Gasteiger partial charge on any atom is -0.351 e. The largest absolute Gasteiger partial charge is 0.351 e. The van der Waals surface area contributed by atoms with Crippen LogP contribution in [0.1, 0.15) is 53.4 Å². The molecule has 2 heterocycles. The molecule has 23 heavy (non-hydrogen) atoms. The van der Waals surface area contributed by atoms with Crippen LogP contribution in [0.3, 0.4) is 0 Å². The van der Waals surface area contributed by atoms with E-state index in [1.165, 1.54) is 12.8 Å². The van der Waals surface area contributed by atoms with Crippen molar-refractivity contribution < 1.29 is 9.59 Å². The van der Waals surface area contributed by atoms with Crippen LogP contribution in [-0.2, 0) is 9.59 Å². The van der Waals surface area contributed by atoms with E-state index in [1.54, 1.807) is 0 Å². The van der Waals surface area contributed by atoms with Crippen LogP contribution in [0, 0.1) is 11.8 Å². The van der Waals surface area contributed by atoms with Crippen LogP contribution in [0.5, 0.6) is 0 Å². The summed E-state index contributed by atoms with van der Waals surface area (Å²) in [5.74, 6) is 1.22. The maximum Gasteiger partial charge on any atom is 0.225 e. The summed E-state index contributed by atoms with van der Waals surface area (Å²) in [7, 11) is 0. The number of piperidine rings is 1. The van der Waals surface area contributed by atoms with Crippen molar-refractivity contribution >= 4 is 24.2 Å². The van der Waals surface area contributed by atoms with Crippen LogP contribution >= 0.6 is 12.4 Å². The molecule has 2 amide bonds. The highest BCUT2D eigenvalue weighted by molar-refractivity contribution is 5.85. The van der Waals surface area contributed by atoms with Crippen LogP contribution in [0.15, 0.2) is 0 Å². The zero-order valence-electron chi connectivity index (χ0n) is 14.9. The van der Waals surface area contributed by atoms with Gasteiger partial charge in [-0.1, -0.05) is 6.92 Å². The van der Waals surface area contributed by atoms with Gasteiger partial charge >= 0.3 is 0 Å². The lowest BCUT2D eigenvalue weighted by atomic mass is 9.85. The molecule has 0 aromatic rings. The van der Waals surface area contributed by atoms with Crippen LogP contribution in [-0.4, -0.2) is 47.9 Å². The molecule has 0 aromatic heterocycles. The summed E-state index contributed by atoms with van der Waals surface area (Å²) in [6.45, 7) is 11.0. The first kappa shape index (κ1) is 20.2. The lowest BCUT2D eigenvalue weighted by molar-refractivity contribution is -0.131. The van der Waals surface area contributed by atoms with Crippen molar-refractivity contribution in [2.24, 2.45) is 11.8 Å². The van der Waals surface area contributed by atoms with E-state index in [9.17, 15) is 9.59 Å². The molecule has 6 heteroatoms. The highest BCUT2D eigenvalue weighted by Crippen LogP contribution is 2.24. The number of nitrogens with zero attached hydrogens (tertiary/aromatic N) is 1. The maximum atomic E-state index is 12.3. The lowest BCUT2D eigenvalue weighted by Gasteiger charge is -2.32. The molecule has 0 spiro atoms. The van der Waals surface area contributed by atoms with Crippen molar-refractivity contribution in [3.8, 4) is 0 Å². The molecule has 2 aliphatic heterocycles. The topological polar surface area (TPSA) is 61.4 Å². The molecule has 0 bridgehead atoms. The van der Waals surface area contributed by atoms with Gasteiger partial charge in [0.2, 0.25) is 11.8 Å². The SMILES string of the molecule is CC(CC(=O)NC1CC(=O)N(C(C)(C)C)C1)C1CCCNC1.Cl. The normalized spacial score (nSPS) is 26.6. The predicted octanol–water partition coefficient (Wildman–Crippen LogP) is 1.95. The minimum atomic E-state index is -0.169. The van der Waals surface area contributed by atoms with E-state index in [-0.39, 0.29) is 35.8 Å². The number of halogens is 1. The Bertz CT molecular complexity index is 417. The zero-order chi connectivity index (χ0) is 16.3. The van der Waals surface area contributed by atoms with Crippen molar-refractivity contribution in [3.05, 3.63) is 0 Å². The monoisotopic (exact) mass is 345 g/mol. The molecular formula is C17H32ClN3O2. The second kappa shape index (κ2) is 8.34. The molecule has 2 N–H and O–H groups in total. The Hall–Kier alpha value is -0.810. The second-order valence-corrected chi connectivity index (χ2v) is 7.93. The molecule has 3 atom stereocenters. The van der Waals surface area contributed by atoms with E-state index in [0.29, 0.717) is 31.2 Å². The molecule has 0 aliphatic carbocycles. The van der Waals surface area contributed by atoms with E-state index in [0.717, 1.165) is 13.1 Å². The van der Waals surface area contributed by atoms with Gasteiger partial charge in [0.05, 0.1) is 6.04 Å². The third-order valence-electron chi connectivity index (χ3n) is 4.95. The number of carbonyl (C=O) groups is 2. The molecule has 2 saturated heterocycles. The fourth-order valence-electron chi connectivity index (χ4n) is 3.56. The Kier molecular flexibility index (Phi) is 7.33. The number of rotatable bonds is 4. The number of nitrogens with one attached hydrogen (secondary N) is 2. The van der Waals surface area contributed by atoms with E-state index in [1.807, 2.05) is 25.7 Å². The summed E-state index contributed by atoms with van der Waals surface area (Å²) in [6.07, 6.45) is 3.41. The second-order valence-electron chi connectivity index (χ2n) is 7.93. The van der Waals surface area contributed by atoms with Crippen molar-refractivity contribution in [2.75, 3.05) is 19.6 Å². The van der Waals surface area contributed by atoms with Gasteiger partial charge < -0.3 is 15.5 Å². The van der Waals surface area contributed by atoms with Gasteiger partial charge in [-0.15, -0.1) is 12.4 Å². The summed E-state index contributed by atoms with van der Waals surface area (Å²) in [5, 5.41) is 6.47. The maximum absolute atomic E-state index is 12.3. The minimum absolute atomic E-state index is 0. The van der Waals surface area contributed by atoms with Gasteiger partial charge in [-0.25, -0.2) is 0 Å². The number of hydrogen-bond donors (Lipinski definition) is 2. The molecule has 2 rings (SSSR count). The molecule has 134 valence electrons. The third kappa shape index (κ3) is 5.64. The number of likely N-dealkylation sites (tertiary alicyclic amines) is 1. The summed E-state index contributed by atoms with van der Waals surface area (Å²) in [4.78, 5) is 26.2. The third-order valence-corrected chi connectivity index (χ3v) is 4.95. The smallest absolute Gasteiger partial charge is 0.225 e. The van der Waals surface area contributed by atoms with Crippen molar-refractivity contribution in [2.45, 2.75) is 65.0 Å².